The number of carbonyl (C=O) groups is 1. The lowest BCUT2D eigenvalue weighted by molar-refractivity contribution is -0.0243. The first-order valence-corrected chi connectivity index (χ1v) is 11.0. The summed E-state index contributed by atoms with van der Waals surface area (Å²) in [6.45, 7) is 0.941. The number of pyridine rings is 2. The van der Waals surface area contributed by atoms with Crippen molar-refractivity contribution in [2.75, 3.05) is 20.2 Å². The van der Waals surface area contributed by atoms with E-state index in [2.05, 4.69) is 9.97 Å². The van der Waals surface area contributed by atoms with Crippen molar-refractivity contribution in [3.05, 3.63) is 90.5 Å². The Bertz CT molecular complexity index is 1300. The highest BCUT2D eigenvalue weighted by molar-refractivity contribution is 6.10. The van der Waals surface area contributed by atoms with Crippen LogP contribution in [0.5, 0.6) is 5.75 Å². The second-order valence-corrected chi connectivity index (χ2v) is 8.32. The number of benzene rings is 2. The lowest BCUT2D eigenvalue weighted by Crippen LogP contribution is -2.45. The molecule has 0 unspecified atom stereocenters. The van der Waals surface area contributed by atoms with E-state index < -0.39 is 5.60 Å². The zero-order chi connectivity index (χ0) is 22.8. The third-order valence-corrected chi connectivity index (χ3v) is 6.46. The van der Waals surface area contributed by atoms with Gasteiger partial charge < -0.3 is 14.7 Å². The molecule has 1 N–H and O–H groups in total. The number of rotatable bonds is 4. The maximum atomic E-state index is 13.5. The maximum absolute atomic E-state index is 13.5. The largest absolute Gasteiger partial charge is 0.496 e. The third kappa shape index (κ3) is 3.83. The lowest BCUT2D eigenvalue weighted by Gasteiger charge is -2.38. The van der Waals surface area contributed by atoms with Gasteiger partial charge in [-0.25, -0.2) is 0 Å². The van der Waals surface area contributed by atoms with Gasteiger partial charge in [0, 0.05) is 42.8 Å². The molecule has 0 radical (unpaired) electrons. The molecule has 33 heavy (non-hydrogen) atoms. The summed E-state index contributed by atoms with van der Waals surface area (Å²) in [5.74, 6) is 0.707. The molecular weight excluding hydrogens is 414 g/mol. The summed E-state index contributed by atoms with van der Waals surface area (Å²) in [5, 5.41) is 12.9. The van der Waals surface area contributed by atoms with Crippen LogP contribution in [0, 0.1) is 0 Å². The van der Waals surface area contributed by atoms with Gasteiger partial charge in [0.05, 0.1) is 12.8 Å². The van der Waals surface area contributed by atoms with Gasteiger partial charge in [0.1, 0.15) is 11.4 Å². The molecule has 5 rings (SSSR count). The zero-order valence-electron chi connectivity index (χ0n) is 18.4. The Kier molecular flexibility index (Phi) is 5.52. The van der Waals surface area contributed by atoms with Gasteiger partial charge in [-0.2, -0.15) is 0 Å². The van der Waals surface area contributed by atoms with Crippen LogP contribution in [0.3, 0.4) is 0 Å². The molecule has 0 aliphatic carbocycles. The Labute approximate surface area is 192 Å². The number of fused-ring (bicyclic) bond motifs is 1. The molecule has 6 nitrogen and oxygen atoms in total. The first-order valence-electron chi connectivity index (χ1n) is 11.0. The fourth-order valence-electron chi connectivity index (χ4n) is 4.64. The number of piperidine rings is 1. The molecule has 1 aliphatic rings. The Balaban J connectivity index is 1.46. The third-order valence-electron chi connectivity index (χ3n) is 6.46. The molecule has 2 aromatic carbocycles. The number of amides is 1. The van der Waals surface area contributed by atoms with Crippen LogP contribution in [0.1, 0.15) is 28.9 Å². The minimum atomic E-state index is -0.999. The molecule has 166 valence electrons. The van der Waals surface area contributed by atoms with E-state index in [1.807, 2.05) is 65.6 Å². The van der Waals surface area contributed by atoms with E-state index in [-0.39, 0.29) is 5.91 Å². The van der Waals surface area contributed by atoms with E-state index in [9.17, 15) is 9.90 Å². The highest BCUT2D eigenvalue weighted by atomic mass is 16.5. The number of aliphatic hydroxyl groups is 1. The van der Waals surface area contributed by atoms with E-state index in [0.29, 0.717) is 37.2 Å². The van der Waals surface area contributed by atoms with E-state index in [4.69, 9.17) is 4.74 Å². The normalized spacial score (nSPS) is 15.4. The molecule has 1 saturated heterocycles. The van der Waals surface area contributed by atoms with Gasteiger partial charge >= 0.3 is 0 Å². The maximum Gasteiger partial charge on any atom is 0.254 e. The van der Waals surface area contributed by atoms with Gasteiger partial charge in [-0.15, -0.1) is 0 Å². The van der Waals surface area contributed by atoms with Crippen molar-refractivity contribution in [1.82, 2.24) is 14.9 Å². The standard InChI is InChI=1S/C27H25N3O3/c1-33-24-11-15-28-18-23(24)21-8-4-7-20-19(21)6-5-9-22(20)26(31)30-16-12-27(32,13-17-30)25-10-2-3-14-29-25/h2-11,14-15,18,32H,12-13,16-17H2,1H3. The van der Waals surface area contributed by atoms with Gasteiger partial charge in [0.15, 0.2) is 0 Å². The van der Waals surface area contributed by atoms with Crippen molar-refractivity contribution in [1.29, 1.82) is 0 Å². The summed E-state index contributed by atoms with van der Waals surface area (Å²) >= 11 is 0. The van der Waals surface area contributed by atoms with Gasteiger partial charge in [0.25, 0.3) is 5.91 Å². The summed E-state index contributed by atoms with van der Waals surface area (Å²) in [6, 6.07) is 19.1. The Morgan fingerprint density at radius 2 is 1.73 bits per heavy atom. The average molecular weight is 440 g/mol. The van der Waals surface area contributed by atoms with E-state index in [0.717, 1.165) is 27.6 Å². The summed E-state index contributed by atoms with van der Waals surface area (Å²) in [5.41, 5.74) is 2.17. The van der Waals surface area contributed by atoms with Crippen LogP contribution in [0.4, 0.5) is 0 Å². The van der Waals surface area contributed by atoms with Crippen molar-refractivity contribution < 1.29 is 14.6 Å². The second kappa shape index (κ2) is 8.64. The molecule has 0 bridgehead atoms. The lowest BCUT2D eigenvalue weighted by atomic mass is 9.87. The Hall–Kier alpha value is -3.77. The van der Waals surface area contributed by atoms with Gasteiger partial charge in [-0.05, 0) is 53.4 Å². The van der Waals surface area contributed by atoms with E-state index in [1.54, 1.807) is 25.7 Å². The summed E-state index contributed by atoms with van der Waals surface area (Å²) in [4.78, 5) is 23.9. The fourth-order valence-corrected chi connectivity index (χ4v) is 4.64. The van der Waals surface area contributed by atoms with E-state index in [1.165, 1.54) is 0 Å². The molecule has 1 amide bonds. The van der Waals surface area contributed by atoms with Crippen LogP contribution >= 0.6 is 0 Å². The minimum absolute atomic E-state index is 0.0287. The number of ether oxygens (including phenoxy) is 1. The molecule has 1 aliphatic heterocycles. The van der Waals surface area contributed by atoms with Crippen molar-refractivity contribution in [3.63, 3.8) is 0 Å². The number of nitrogens with zero attached hydrogens (tertiary/aromatic N) is 3. The molecule has 4 aromatic rings. The Morgan fingerprint density at radius 3 is 2.48 bits per heavy atom. The molecule has 0 atom stereocenters. The van der Waals surface area contributed by atoms with Crippen LogP contribution < -0.4 is 4.74 Å². The molecule has 1 fully saturated rings. The highest BCUT2D eigenvalue weighted by Crippen LogP contribution is 2.36. The predicted octanol–water partition coefficient (Wildman–Crippen LogP) is 4.43. The first-order chi connectivity index (χ1) is 16.1. The number of likely N-dealkylation sites (tertiary alicyclic amines) is 1. The zero-order valence-corrected chi connectivity index (χ0v) is 18.4. The number of carbonyl (C=O) groups excluding carboxylic acids is 1. The average Bonchev–Trinajstić information content (AvgIpc) is 2.88. The number of aromatic nitrogens is 2. The van der Waals surface area contributed by atoms with Crippen LogP contribution in [0.25, 0.3) is 21.9 Å². The van der Waals surface area contributed by atoms with Crippen LogP contribution in [0.2, 0.25) is 0 Å². The number of methoxy groups -OCH3 is 1. The summed E-state index contributed by atoms with van der Waals surface area (Å²) < 4.78 is 5.53. The minimum Gasteiger partial charge on any atom is -0.496 e. The van der Waals surface area contributed by atoms with E-state index >= 15 is 0 Å². The van der Waals surface area contributed by atoms with Gasteiger partial charge in [-0.1, -0.05) is 36.4 Å². The molecule has 0 spiro atoms. The second-order valence-electron chi connectivity index (χ2n) is 8.32. The van der Waals surface area contributed by atoms with Gasteiger partial charge in [0.2, 0.25) is 0 Å². The topological polar surface area (TPSA) is 75.5 Å². The fraction of sp³-hybridized carbons (Fsp3) is 0.222. The summed E-state index contributed by atoms with van der Waals surface area (Å²) in [6.07, 6.45) is 6.09. The van der Waals surface area contributed by atoms with Crippen LogP contribution in [-0.2, 0) is 5.60 Å². The van der Waals surface area contributed by atoms with Crippen LogP contribution in [0.15, 0.2) is 79.3 Å². The molecular formula is C27H25N3O3. The smallest absolute Gasteiger partial charge is 0.254 e. The van der Waals surface area contributed by atoms with Crippen molar-refractivity contribution in [2.45, 2.75) is 18.4 Å². The number of hydrogen-bond donors (Lipinski definition) is 1. The molecule has 3 heterocycles. The van der Waals surface area contributed by atoms with Gasteiger partial charge in [-0.3, -0.25) is 14.8 Å². The van der Waals surface area contributed by atoms with Crippen molar-refractivity contribution in [3.8, 4) is 16.9 Å². The van der Waals surface area contributed by atoms with Crippen molar-refractivity contribution in [2.24, 2.45) is 0 Å². The highest BCUT2D eigenvalue weighted by Gasteiger charge is 2.36. The Morgan fingerprint density at radius 1 is 0.939 bits per heavy atom. The molecule has 0 saturated carbocycles. The SMILES string of the molecule is COc1ccncc1-c1cccc2c(C(=O)N3CCC(O)(c4ccccn4)CC3)cccc12. The summed E-state index contributed by atoms with van der Waals surface area (Å²) in [7, 11) is 1.64. The quantitative estimate of drug-likeness (QED) is 0.509. The monoisotopic (exact) mass is 439 g/mol. The predicted molar refractivity (Wildman–Crippen MR) is 127 cm³/mol. The molecule has 6 heteroatoms. The number of hydrogen-bond acceptors (Lipinski definition) is 5. The molecule has 2 aromatic heterocycles. The van der Waals surface area contributed by atoms with Crippen LogP contribution in [-0.4, -0.2) is 46.1 Å². The van der Waals surface area contributed by atoms with Crippen molar-refractivity contribution >= 4 is 16.7 Å². The first kappa shape index (κ1) is 21.1.